The number of alkyl halides is 3. The summed E-state index contributed by atoms with van der Waals surface area (Å²) in [7, 11) is 0. The number of nitrogens with two attached hydrogens (primary N) is 1. The summed E-state index contributed by atoms with van der Waals surface area (Å²) in [6.07, 6.45) is -3.70. The SMILES string of the molecule is NC(=O)CCCc1[c]c(C(F)(F)F)n[nH]1. The first-order chi connectivity index (χ1) is 6.89. The fraction of sp³-hybridized carbons (Fsp3) is 0.500. The molecule has 0 atom stereocenters. The molecule has 1 heterocycles. The molecule has 0 aliphatic rings. The zero-order valence-electron chi connectivity index (χ0n) is 7.69. The smallest absolute Gasteiger partial charge is 0.370 e. The van der Waals surface area contributed by atoms with Gasteiger partial charge < -0.3 is 5.73 Å². The van der Waals surface area contributed by atoms with E-state index in [1.54, 1.807) is 0 Å². The Hall–Kier alpha value is -1.53. The number of primary amides is 1. The van der Waals surface area contributed by atoms with Gasteiger partial charge >= 0.3 is 6.18 Å². The van der Waals surface area contributed by atoms with Crippen LogP contribution in [0.3, 0.4) is 0 Å². The first kappa shape index (κ1) is 11.5. The number of amides is 1. The lowest BCUT2D eigenvalue weighted by molar-refractivity contribution is -0.141. The number of rotatable bonds is 4. The average Bonchev–Trinajstić information content (AvgIpc) is 2.51. The van der Waals surface area contributed by atoms with Crippen molar-refractivity contribution in [1.82, 2.24) is 10.2 Å². The van der Waals surface area contributed by atoms with Gasteiger partial charge in [0.1, 0.15) is 0 Å². The van der Waals surface area contributed by atoms with Crippen LogP contribution in [-0.4, -0.2) is 16.1 Å². The quantitative estimate of drug-likeness (QED) is 0.795. The zero-order chi connectivity index (χ0) is 11.5. The van der Waals surface area contributed by atoms with Crippen LogP contribution in [0.1, 0.15) is 24.2 Å². The summed E-state index contributed by atoms with van der Waals surface area (Å²) in [5.41, 5.74) is 4.03. The fourth-order valence-electron chi connectivity index (χ4n) is 1.01. The van der Waals surface area contributed by atoms with E-state index in [-0.39, 0.29) is 18.5 Å². The lowest BCUT2D eigenvalue weighted by atomic mass is 10.2. The molecule has 4 nitrogen and oxygen atoms in total. The van der Waals surface area contributed by atoms with E-state index in [0.29, 0.717) is 6.42 Å². The fourth-order valence-corrected chi connectivity index (χ4v) is 1.01. The Bertz CT molecular complexity index is 345. The molecule has 0 bridgehead atoms. The van der Waals surface area contributed by atoms with E-state index in [2.05, 4.69) is 16.3 Å². The Kier molecular flexibility index (Phi) is 3.33. The molecule has 83 valence electrons. The van der Waals surface area contributed by atoms with E-state index in [1.165, 1.54) is 0 Å². The minimum Gasteiger partial charge on any atom is -0.370 e. The van der Waals surface area contributed by atoms with Crippen LogP contribution in [-0.2, 0) is 17.4 Å². The second-order valence-electron chi connectivity index (χ2n) is 2.99. The number of carbonyl (C=O) groups excluding carboxylic acids is 1. The van der Waals surface area contributed by atoms with Crippen molar-refractivity contribution in [3.63, 3.8) is 0 Å². The molecule has 0 fully saturated rings. The lowest BCUT2D eigenvalue weighted by Crippen LogP contribution is -2.10. The highest BCUT2D eigenvalue weighted by Crippen LogP contribution is 2.27. The Morgan fingerprint density at radius 3 is 2.67 bits per heavy atom. The Morgan fingerprint density at radius 1 is 1.53 bits per heavy atom. The molecule has 0 unspecified atom stereocenters. The molecule has 0 saturated heterocycles. The zero-order valence-corrected chi connectivity index (χ0v) is 7.69. The minimum atomic E-state index is -4.49. The number of nitrogens with zero attached hydrogens (tertiary/aromatic N) is 1. The number of halogens is 3. The van der Waals surface area contributed by atoms with Gasteiger partial charge in [-0.15, -0.1) is 0 Å². The first-order valence-corrected chi connectivity index (χ1v) is 4.21. The predicted octanol–water partition coefficient (Wildman–Crippen LogP) is 1.04. The Morgan fingerprint density at radius 2 is 2.20 bits per heavy atom. The number of aromatic amines is 1. The summed E-state index contributed by atoms with van der Waals surface area (Å²) in [4.78, 5) is 10.4. The van der Waals surface area contributed by atoms with Gasteiger partial charge in [0.25, 0.3) is 0 Å². The summed E-state index contributed by atoms with van der Waals surface area (Å²) in [5, 5.41) is 5.27. The van der Waals surface area contributed by atoms with Gasteiger partial charge in [-0.1, -0.05) is 0 Å². The molecule has 0 aliphatic carbocycles. The van der Waals surface area contributed by atoms with Gasteiger partial charge in [-0.05, 0) is 12.8 Å². The van der Waals surface area contributed by atoms with Crippen LogP contribution in [0, 0.1) is 6.07 Å². The number of hydrogen-bond donors (Lipinski definition) is 2. The van der Waals surface area contributed by atoms with Gasteiger partial charge in [-0.3, -0.25) is 9.89 Å². The van der Waals surface area contributed by atoms with Gasteiger partial charge in [-0.25, -0.2) is 0 Å². The topological polar surface area (TPSA) is 71.8 Å². The van der Waals surface area contributed by atoms with E-state index >= 15 is 0 Å². The van der Waals surface area contributed by atoms with Crippen LogP contribution in [0.15, 0.2) is 0 Å². The third-order valence-electron chi connectivity index (χ3n) is 1.69. The molecular weight excluding hydrogens is 211 g/mol. The number of carbonyl (C=O) groups is 1. The highest BCUT2D eigenvalue weighted by molar-refractivity contribution is 5.73. The molecule has 1 amide bonds. The van der Waals surface area contributed by atoms with Crippen LogP contribution < -0.4 is 5.73 Å². The summed E-state index contributed by atoms with van der Waals surface area (Å²) in [5.74, 6) is -0.481. The normalized spacial score (nSPS) is 11.7. The molecule has 0 spiro atoms. The third-order valence-corrected chi connectivity index (χ3v) is 1.69. The van der Waals surface area contributed by atoms with E-state index in [0.717, 1.165) is 0 Å². The van der Waals surface area contributed by atoms with E-state index in [1.807, 2.05) is 0 Å². The van der Waals surface area contributed by atoms with Gasteiger partial charge in [0.05, 0.1) is 0 Å². The number of aryl methyl sites for hydroxylation is 1. The van der Waals surface area contributed by atoms with Gasteiger partial charge in [-0.2, -0.15) is 18.3 Å². The van der Waals surface area contributed by atoms with Crippen molar-refractivity contribution >= 4 is 5.91 Å². The second kappa shape index (κ2) is 4.33. The standard InChI is InChI=1S/C8H9F3N3O/c9-8(10,11)6-4-5(13-14-6)2-1-3-7(12)15/h1-3H2,(H2,12,15)(H,13,14). The van der Waals surface area contributed by atoms with Crippen molar-refractivity contribution in [3.05, 3.63) is 17.5 Å². The lowest BCUT2D eigenvalue weighted by Gasteiger charge is -1.98. The summed E-state index contributed by atoms with van der Waals surface area (Å²) in [6, 6.07) is 2.08. The van der Waals surface area contributed by atoms with Gasteiger partial charge in [0, 0.05) is 18.2 Å². The highest BCUT2D eigenvalue weighted by atomic mass is 19.4. The monoisotopic (exact) mass is 220 g/mol. The molecule has 0 saturated carbocycles. The van der Waals surface area contributed by atoms with Crippen molar-refractivity contribution in [2.45, 2.75) is 25.4 Å². The molecule has 1 radical (unpaired) electrons. The van der Waals surface area contributed by atoms with Crippen LogP contribution in [0.25, 0.3) is 0 Å². The van der Waals surface area contributed by atoms with Crippen LogP contribution in [0.4, 0.5) is 13.2 Å². The van der Waals surface area contributed by atoms with E-state index in [9.17, 15) is 18.0 Å². The number of H-pyrrole nitrogens is 1. The first-order valence-electron chi connectivity index (χ1n) is 4.21. The minimum absolute atomic E-state index is 0.133. The molecule has 7 heteroatoms. The maximum Gasteiger partial charge on any atom is 0.435 e. The molecular formula is C8H9F3N3O. The largest absolute Gasteiger partial charge is 0.435 e. The van der Waals surface area contributed by atoms with Crippen LogP contribution in [0.5, 0.6) is 0 Å². The van der Waals surface area contributed by atoms with Crippen molar-refractivity contribution in [1.29, 1.82) is 0 Å². The number of nitrogens with one attached hydrogen (secondary N) is 1. The van der Waals surface area contributed by atoms with Crippen molar-refractivity contribution in [2.24, 2.45) is 5.73 Å². The van der Waals surface area contributed by atoms with Crippen molar-refractivity contribution in [2.75, 3.05) is 0 Å². The highest BCUT2D eigenvalue weighted by Gasteiger charge is 2.34. The van der Waals surface area contributed by atoms with E-state index in [4.69, 9.17) is 5.73 Å². The predicted molar refractivity (Wildman–Crippen MR) is 44.6 cm³/mol. The molecule has 0 aliphatic heterocycles. The molecule has 3 N–H and O–H groups in total. The summed E-state index contributed by atoms with van der Waals surface area (Å²) < 4.78 is 36.2. The van der Waals surface area contributed by atoms with Crippen molar-refractivity contribution < 1.29 is 18.0 Å². The Balaban J connectivity index is 2.50. The number of hydrogen-bond acceptors (Lipinski definition) is 2. The van der Waals surface area contributed by atoms with Crippen LogP contribution >= 0.6 is 0 Å². The second-order valence-corrected chi connectivity index (χ2v) is 2.99. The summed E-state index contributed by atoms with van der Waals surface area (Å²) >= 11 is 0. The molecule has 15 heavy (non-hydrogen) atoms. The van der Waals surface area contributed by atoms with Crippen molar-refractivity contribution in [3.8, 4) is 0 Å². The molecule has 1 aromatic rings. The maximum absolute atomic E-state index is 12.1. The molecule has 0 aromatic carbocycles. The third kappa shape index (κ3) is 3.61. The maximum atomic E-state index is 12.1. The van der Waals surface area contributed by atoms with E-state index < -0.39 is 17.8 Å². The molecule has 1 aromatic heterocycles. The Labute approximate surface area is 83.7 Å². The van der Waals surface area contributed by atoms with Gasteiger partial charge in [0.2, 0.25) is 5.91 Å². The van der Waals surface area contributed by atoms with Gasteiger partial charge in [0.15, 0.2) is 5.69 Å². The average molecular weight is 220 g/mol. The number of aromatic nitrogens is 2. The summed E-state index contributed by atoms with van der Waals surface area (Å²) in [6.45, 7) is 0. The van der Waals surface area contributed by atoms with Crippen LogP contribution in [0.2, 0.25) is 0 Å². The molecule has 1 rings (SSSR count).